The zero-order valence-electron chi connectivity index (χ0n) is 33.0. The summed E-state index contributed by atoms with van der Waals surface area (Å²) in [6, 6.07) is 80.3. The highest BCUT2D eigenvalue weighted by Crippen LogP contribution is 2.48. The number of fused-ring (bicyclic) bond motifs is 8. The van der Waals surface area contributed by atoms with Crippen LogP contribution in [-0.2, 0) is 0 Å². The summed E-state index contributed by atoms with van der Waals surface area (Å²) in [7, 11) is 0. The minimum Gasteiger partial charge on any atom is -0.456 e. The lowest BCUT2D eigenvalue weighted by atomic mass is 9.99. The normalized spacial score (nSPS) is 11.6. The molecule has 5 heteroatoms. The molecule has 3 heterocycles. The van der Waals surface area contributed by atoms with Crippen molar-refractivity contribution in [3.8, 4) is 16.8 Å². The van der Waals surface area contributed by atoms with Gasteiger partial charge >= 0.3 is 0 Å². The molecule has 3 aromatic heterocycles. The Morgan fingerprint density at radius 3 is 1.72 bits per heavy atom. The van der Waals surface area contributed by atoms with Gasteiger partial charge in [0.05, 0.1) is 11.2 Å². The molecule has 0 fully saturated rings. The van der Waals surface area contributed by atoms with Crippen molar-refractivity contribution in [1.82, 2.24) is 4.57 Å². The van der Waals surface area contributed by atoms with Gasteiger partial charge in [-0.3, -0.25) is 0 Å². The fourth-order valence-electron chi connectivity index (χ4n) is 9.04. The van der Waals surface area contributed by atoms with Gasteiger partial charge in [0, 0.05) is 71.3 Å². The Labute approximate surface area is 357 Å². The van der Waals surface area contributed by atoms with Crippen LogP contribution in [0.25, 0.3) is 70.0 Å². The Morgan fingerprint density at radius 1 is 0.393 bits per heavy atom. The van der Waals surface area contributed by atoms with Crippen molar-refractivity contribution in [1.29, 1.82) is 0 Å². The number of anilines is 6. The molecule has 0 N–H and O–H groups in total. The summed E-state index contributed by atoms with van der Waals surface area (Å²) in [5.74, 6) is 0. The highest BCUT2D eigenvalue weighted by Gasteiger charge is 2.23. The van der Waals surface area contributed by atoms with Crippen LogP contribution in [0.2, 0.25) is 0 Å². The minimum atomic E-state index is 0.883. The highest BCUT2D eigenvalue weighted by atomic mass is 32.1. The number of rotatable bonds is 8. The average molecular weight is 800 g/mol. The summed E-state index contributed by atoms with van der Waals surface area (Å²) in [5, 5.41) is 5.96. The number of thiophene rings is 1. The molecule has 288 valence electrons. The zero-order chi connectivity index (χ0) is 40.3. The second kappa shape index (κ2) is 14.5. The van der Waals surface area contributed by atoms with Crippen LogP contribution in [0, 0.1) is 0 Å². The average Bonchev–Trinajstić information content (AvgIpc) is 3.99. The second-order valence-corrected chi connectivity index (χ2v) is 16.4. The zero-order valence-corrected chi connectivity index (χ0v) is 33.8. The lowest BCUT2D eigenvalue weighted by Gasteiger charge is -2.27. The molecule has 0 saturated carbocycles. The molecule has 9 aromatic carbocycles. The minimum absolute atomic E-state index is 0.883. The summed E-state index contributed by atoms with van der Waals surface area (Å²) >= 11 is 1.86. The van der Waals surface area contributed by atoms with Crippen LogP contribution in [0.15, 0.2) is 229 Å². The molecule has 0 amide bonds. The molecule has 0 radical (unpaired) electrons. The van der Waals surface area contributed by atoms with Crippen molar-refractivity contribution in [3.63, 3.8) is 0 Å². The van der Waals surface area contributed by atoms with Gasteiger partial charge in [0.15, 0.2) is 0 Å². The first kappa shape index (κ1) is 35.1. The summed E-state index contributed by atoms with van der Waals surface area (Å²) in [4.78, 5) is 5.94. The molecular weight excluding hydrogens is 763 g/mol. The third-order valence-electron chi connectivity index (χ3n) is 11.8. The van der Waals surface area contributed by atoms with Crippen molar-refractivity contribution in [2.24, 2.45) is 0 Å². The van der Waals surface area contributed by atoms with E-state index in [1.54, 1.807) is 0 Å². The molecule has 4 nitrogen and oxygen atoms in total. The van der Waals surface area contributed by atoms with Crippen LogP contribution >= 0.6 is 11.3 Å². The molecule has 0 aliphatic rings. The molecular formula is C56H37N3OS. The maximum Gasteiger partial charge on any atom is 0.135 e. The van der Waals surface area contributed by atoms with Crippen molar-refractivity contribution in [2.75, 3.05) is 9.80 Å². The number of aromatic nitrogens is 1. The van der Waals surface area contributed by atoms with Crippen LogP contribution in [0.5, 0.6) is 0 Å². The second-order valence-electron chi connectivity index (χ2n) is 15.3. The molecule has 0 saturated heterocycles. The molecule has 0 bridgehead atoms. The van der Waals surface area contributed by atoms with E-state index in [4.69, 9.17) is 4.42 Å². The van der Waals surface area contributed by atoms with Gasteiger partial charge in [-0.25, -0.2) is 0 Å². The number of nitrogens with zero attached hydrogens (tertiary/aromatic N) is 3. The van der Waals surface area contributed by atoms with Gasteiger partial charge in [0.1, 0.15) is 16.0 Å². The molecule has 12 rings (SSSR count). The third kappa shape index (κ3) is 5.89. The summed E-state index contributed by atoms with van der Waals surface area (Å²) in [6.07, 6.45) is 0. The van der Waals surface area contributed by atoms with Gasteiger partial charge in [-0.1, -0.05) is 121 Å². The predicted octanol–water partition coefficient (Wildman–Crippen LogP) is 16.5. The molecule has 0 spiro atoms. The van der Waals surface area contributed by atoms with E-state index in [0.717, 1.165) is 67.3 Å². The van der Waals surface area contributed by atoms with E-state index >= 15 is 0 Å². The monoisotopic (exact) mass is 799 g/mol. The first-order valence-electron chi connectivity index (χ1n) is 20.6. The third-order valence-corrected chi connectivity index (χ3v) is 12.9. The summed E-state index contributed by atoms with van der Waals surface area (Å²) in [6.45, 7) is 0. The van der Waals surface area contributed by atoms with E-state index in [-0.39, 0.29) is 0 Å². The van der Waals surface area contributed by atoms with Gasteiger partial charge in [-0.15, -0.1) is 11.3 Å². The fraction of sp³-hybridized carbons (Fsp3) is 0. The first-order chi connectivity index (χ1) is 30.3. The van der Waals surface area contributed by atoms with Crippen molar-refractivity contribution < 1.29 is 4.42 Å². The molecule has 12 aromatic rings. The number of benzene rings is 9. The fourth-order valence-corrected chi connectivity index (χ4v) is 10.3. The van der Waals surface area contributed by atoms with Crippen LogP contribution < -0.4 is 9.80 Å². The molecule has 61 heavy (non-hydrogen) atoms. The molecule has 0 atom stereocenters. The predicted molar refractivity (Wildman–Crippen MR) is 258 cm³/mol. The van der Waals surface area contributed by atoms with Crippen LogP contribution in [0.4, 0.5) is 34.1 Å². The van der Waals surface area contributed by atoms with Gasteiger partial charge in [-0.05, 0) is 109 Å². The van der Waals surface area contributed by atoms with Crippen molar-refractivity contribution >= 4 is 98.6 Å². The largest absolute Gasteiger partial charge is 0.456 e. The van der Waals surface area contributed by atoms with E-state index in [1.165, 1.54) is 36.8 Å². The van der Waals surface area contributed by atoms with Gasteiger partial charge in [0.25, 0.3) is 0 Å². The molecule has 0 aliphatic heterocycles. The van der Waals surface area contributed by atoms with Crippen molar-refractivity contribution in [3.05, 3.63) is 224 Å². The van der Waals surface area contributed by atoms with Crippen LogP contribution in [-0.4, -0.2) is 4.57 Å². The van der Waals surface area contributed by atoms with E-state index in [1.807, 2.05) is 23.5 Å². The van der Waals surface area contributed by atoms with Gasteiger partial charge in [-0.2, -0.15) is 0 Å². The number of furan rings is 1. The highest BCUT2D eigenvalue weighted by molar-refractivity contribution is 7.25. The Balaban J connectivity index is 1.06. The SMILES string of the molecule is c1ccc(N(c2ccc3oc4ccccc4c3c2)c2ccc3c4c5cc(-c6ccccc6N(c6ccccc6)c6ccccc6)ccc5sc4n(-c4ccccc4)c3c2)cc1. The quantitative estimate of drug-likeness (QED) is 0.153. The Morgan fingerprint density at radius 2 is 0.984 bits per heavy atom. The van der Waals surface area contributed by atoms with E-state index in [0.29, 0.717) is 0 Å². The first-order valence-corrected chi connectivity index (χ1v) is 21.4. The van der Waals surface area contributed by atoms with Crippen LogP contribution in [0.3, 0.4) is 0 Å². The topological polar surface area (TPSA) is 24.6 Å². The Hall–Kier alpha value is -7.86. The molecule has 0 aliphatic carbocycles. The maximum absolute atomic E-state index is 6.25. The Bertz CT molecular complexity index is 3500. The number of hydrogen-bond acceptors (Lipinski definition) is 4. The summed E-state index contributed by atoms with van der Waals surface area (Å²) < 4.78 is 9.97. The van der Waals surface area contributed by atoms with Gasteiger partial charge < -0.3 is 18.8 Å². The van der Waals surface area contributed by atoms with Crippen LogP contribution in [0.1, 0.15) is 0 Å². The lowest BCUT2D eigenvalue weighted by molar-refractivity contribution is 0.669. The van der Waals surface area contributed by atoms with E-state index in [2.05, 4.69) is 227 Å². The van der Waals surface area contributed by atoms with E-state index < -0.39 is 0 Å². The Kier molecular flexibility index (Phi) is 8.32. The number of para-hydroxylation sites is 6. The maximum atomic E-state index is 6.25. The lowest BCUT2D eigenvalue weighted by Crippen LogP contribution is -2.10. The standard InChI is InChI=1S/C56H37N3OS/c1-5-17-39(18-6-1)57(43-31-33-53-48(36-43)46-26-14-16-28-52(46)60-53)44-30-32-47-51(37-44)59(42-23-11-4-12-24-42)56-55(47)49-35-38(29-34-54(49)61-56)45-25-13-15-27-50(45)58(40-19-7-2-8-20-40)41-21-9-3-10-22-41/h1-37H. The molecule has 0 unspecified atom stereocenters. The van der Waals surface area contributed by atoms with Gasteiger partial charge in [0.2, 0.25) is 0 Å². The smallest absolute Gasteiger partial charge is 0.135 e. The van der Waals surface area contributed by atoms with Crippen molar-refractivity contribution in [2.45, 2.75) is 0 Å². The van der Waals surface area contributed by atoms with E-state index in [9.17, 15) is 0 Å². The number of hydrogen-bond donors (Lipinski definition) is 0. The summed E-state index contributed by atoms with van der Waals surface area (Å²) in [5.41, 5.74) is 13.0.